The van der Waals surface area contributed by atoms with Crippen molar-refractivity contribution in [2.24, 2.45) is 11.3 Å². The van der Waals surface area contributed by atoms with E-state index in [0.29, 0.717) is 13.0 Å². The summed E-state index contributed by atoms with van der Waals surface area (Å²) in [5.41, 5.74) is -0.440. The standard InChI is InChI=1S/C15H28N2O3/c1-5-6-7-17-9-11(13(18)19)8-12(10-17)16-14(20)15(2,3)4/h11-12H,5-10H2,1-4H3,(H,16,20)(H,18,19). The smallest absolute Gasteiger partial charge is 0.307 e. The highest BCUT2D eigenvalue weighted by atomic mass is 16.4. The predicted molar refractivity (Wildman–Crippen MR) is 78.5 cm³/mol. The summed E-state index contributed by atoms with van der Waals surface area (Å²) in [6, 6.07) is -0.0616. The summed E-state index contributed by atoms with van der Waals surface area (Å²) in [7, 11) is 0. The van der Waals surface area contributed by atoms with Crippen LogP contribution in [0, 0.1) is 11.3 Å². The van der Waals surface area contributed by atoms with E-state index in [4.69, 9.17) is 0 Å². The summed E-state index contributed by atoms with van der Waals surface area (Å²) in [5.74, 6) is -1.16. The third-order valence-corrected chi connectivity index (χ3v) is 3.72. The molecule has 0 radical (unpaired) electrons. The van der Waals surface area contributed by atoms with E-state index in [1.54, 1.807) is 0 Å². The molecular weight excluding hydrogens is 256 g/mol. The Bertz CT molecular complexity index is 350. The lowest BCUT2D eigenvalue weighted by molar-refractivity contribution is -0.144. The van der Waals surface area contributed by atoms with Crippen molar-refractivity contribution in [3.05, 3.63) is 0 Å². The number of amides is 1. The molecule has 1 saturated heterocycles. The van der Waals surface area contributed by atoms with E-state index in [0.717, 1.165) is 25.9 Å². The first kappa shape index (κ1) is 17.0. The van der Waals surface area contributed by atoms with Crippen molar-refractivity contribution in [3.63, 3.8) is 0 Å². The number of piperidine rings is 1. The summed E-state index contributed by atoms with van der Waals surface area (Å²) in [4.78, 5) is 25.5. The lowest BCUT2D eigenvalue weighted by atomic mass is 9.91. The topological polar surface area (TPSA) is 69.6 Å². The van der Waals surface area contributed by atoms with Crippen LogP contribution in [0.15, 0.2) is 0 Å². The van der Waals surface area contributed by atoms with Gasteiger partial charge in [0.2, 0.25) is 5.91 Å². The van der Waals surface area contributed by atoms with Gasteiger partial charge in [-0.2, -0.15) is 0 Å². The van der Waals surface area contributed by atoms with Gasteiger partial charge < -0.3 is 15.3 Å². The Morgan fingerprint density at radius 1 is 1.30 bits per heavy atom. The molecule has 1 heterocycles. The number of likely N-dealkylation sites (tertiary alicyclic amines) is 1. The fourth-order valence-corrected chi connectivity index (χ4v) is 2.44. The van der Waals surface area contributed by atoms with Crippen LogP contribution < -0.4 is 5.32 Å². The number of hydrogen-bond donors (Lipinski definition) is 2. The molecule has 1 aliphatic heterocycles. The Balaban J connectivity index is 2.64. The highest BCUT2D eigenvalue weighted by Gasteiger charge is 2.33. The van der Waals surface area contributed by atoms with Gasteiger partial charge in [0.15, 0.2) is 0 Å². The van der Waals surface area contributed by atoms with Gasteiger partial charge in [-0.25, -0.2) is 0 Å². The normalized spacial score (nSPS) is 24.4. The first-order chi connectivity index (χ1) is 9.24. The van der Waals surface area contributed by atoms with Crippen LogP contribution >= 0.6 is 0 Å². The molecule has 0 aromatic carbocycles. The van der Waals surface area contributed by atoms with Gasteiger partial charge in [0.25, 0.3) is 0 Å². The van der Waals surface area contributed by atoms with Crippen molar-refractivity contribution >= 4 is 11.9 Å². The maximum atomic E-state index is 12.1. The van der Waals surface area contributed by atoms with Crippen LogP contribution in [-0.2, 0) is 9.59 Å². The van der Waals surface area contributed by atoms with Crippen molar-refractivity contribution in [2.75, 3.05) is 19.6 Å². The van der Waals surface area contributed by atoms with Crippen molar-refractivity contribution in [1.82, 2.24) is 10.2 Å². The molecule has 5 nitrogen and oxygen atoms in total. The molecule has 2 atom stereocenters. The zero-order chi connectivity index (χ0) is 15.3. The van der Waals surface area contributed by atoms with Crippen LogP contribution in [0.25, 0.3) is 0 Å². The van der Waals surface area contributed by atoms with Crippen molar-refractivity contribution < 1.29 is 14.7 Å². The Kier molecular flexibility index (Phi) is 5.99. The van der Waals surface area contributed by atoms with Gasteiger partial charge >= 0.3 is 5.97 Å². The van der Waals surface area contributed by atoms with Gasteiger partial charge in [-0.1, -0.05) is 34.1 Å². The van der Waals surface area contributed by atoms with Crippen LogP contribution in [-0.4, -0.2) is 47.6 Å². The molecule has 1 aliphatic rings. The molecule has 2 N–H and O–H groups in total. The third-order valence-electron chi connectivity index (χ3n) is 3.72. The van der Waals surface area contributed by atoms with Crippen molar-refractivity contribution in [1.29, 1.82) is 0 Å². The summed E-state index contributed by atoms with van der Waals surface area (Å²) in [6.07, 6.45) is 2.68. The second-order valence-corrected chi connectivity index (χ2v) is 6.80. The Hall–Kier alpha value is -1.10. The Morgan fingerprint density at radius 2 is 1.95 bits per heavy atom. The number of rotatable bonds is 5. The number of carbonyl (C=O) groups is 2. The van der Waals surface area contributed by atoms with E-state index < -0.39 is 11.4 Å². The molecule has 5 heteroatoms. The summed E-state index contributed by atoms with van der Waals surface area (Å²) in [6.45, 7) is 9.99. The average molecular weight is 284 g/mol. The lowest BCUT2D eigenvalue weighted by Crippen LogP contribution is -2.54. The number of hydrogen-bond acceptors (Lipinski definition) is 3. The number of carboxylic acids is 1. The Labute approximate surface area is 121 Å². The second kappa shape index (κ2) is 7.07. The van der Waals surface area contributed by atoms with Gasteiger partial charge in [0.05, 0.1) is 5.92 Å². The largest absolute Gasteiger partial charge is 0.481 e. The van der Waals surface area contributed by atoms with Crippen LogP contribution in [0.5, 0.6) is 0 Å². The Morgan fingerprint density at radius 3 is 2.45 bits per heavy atom. The lowest BCUT2D eigenvalue weighted by Gasteiger charge is -2.37. The molecule has 0 spiro atoms. The molecule has 1 amide bonds. The summed E-state index contributed by atoms with van der Waals surface area (Å²) >= 11 is 0. The van der Waals surface area contributed by atoms with Gasteiger partial charge in [0.1, 0.15) is 0 Å². The molecule has 1 fully saturated rings. The zero-order valence-electron chi connectivity index (χ0n) is 13.1. The maximum Gasteiger partial charge on any atom is 0.307 e. The van der Waals surface area contributed by atoms with Gasteiger partial charge in [-0.15, -0.1) is 0 Å². The van der Waals surface area contributed by atoms with Crippen molar-refractivity contribution in [2.45, 2.75) is 53.0 Å². The number of nitrogens with zero attached hydrogens (tertiary/aromatic N) is 1. The third kappa shape index (κ3) is 5.12. The second-order valence-electron chi connectivity index (χ2n) is 6.80. The van der Waals surface area contributed by atoms with Gasteiger partial charge in [-0.3, -0.25) is 9.59 Å². The average Bonchev–Trinajstić information content (AvgIpc) is 2.34. The molecule has 0 bridgehead atoms. The highest BCUT2D eigenvalue weighted by Crippen LogP contribution is 2.20. The first-order valence-electron chi connectivity index (χ1n) is 7.50. The number of aliphatic carboxylic acids is 1. The van der Waals surface area contributed by atoms with E-state index in [1.807, 2.05) is 20.8 Å². The number of nitrogens with one attached hydrogen (secondary N) is 1. The maximum absolute atomic E-state index is 12.1. The molecule has 2 unspecified atom stereocenters. The number of carboxylic acid groups (broad SMARTS) is 1. The SMILES string of the molecule is CCCCN1CC(NC(=O)C(C)(C)C)CC(C(=O)O)C1. The monoisotopic (exact) mass is 284 g/mol. The number of unbranched alkanes of at least 4 members (excludes halogenated alkanes) is 1. The van der Waals surface area contributed by atoms with Crippen LogP contribution in [0.2, 0.25) is 0 Å². The summed E-state index contributed by atoms with van der Waals surface area (Å²) in [5, 5.41) is 12.3. The fourth-order valence-electron chi connectivity index (χ4n) is 2.44. The highest BCUT2D eigenvalue weighted by molar-refractivity contribution is 5.81. The predicted octanol–water partition coefficient (Wildman–Crippen LogP) is 1.72. The molecule has 1 rings (SSSR count). The molecule has 0 aromatic rings. The van der Waals surface area contributed by atoms with Crippen molar-refractivity contribution in [3.8, 4) is 0 Å². The fraction of sp³-hybridized carbons (Fsp3) is 0.867. The van der Waals surface area contributed by atoms with Crippen LogP contribution in [0.3, 0.4) is 0 Å². The summed E-state index contributed by atoms with van der Waals surface area (Å²) < 4.78 is 0. The van der Waals surface area contributed by atoms with E-state index in [1.165, 1.54) is 0 Å². The number of carbonyl (C=O) groups excluding carboxylic acids is 1. The minimum atomic E-state index is -0.763. The van der Waals surface area contributed by atoms with E-state index in [-0.39, 0.29) is 17.9 Å². The van der Waals surface area contributed by atoms with E-state index >= 15 is 0 Å². The quantitative estimate of drug-likeness (QED) is 0.806. The first-order valence-corrected chi connectivity index (χ1v) is 7.50. The van der Waals surface area contributed by atoms with Crippen LogP contribution in [0.4, 0.5) is 0 Å². The molecule has 0 aliphatic carbocycles. The van der Waals surface area contributed by atoms with E-state index in [9.17, 15) is 14.7 Å². The zero-order valence-corrected chi connectivity index (χ0v) is 13.1. The minimum absolute atomic E-state index is 0.0102. The molecule has 0 aromatic heterocycles. The molecule has 0 saturated carbocycles. The van der Waals surface area contributed by atoms with Crippen LogP contribution in [0.1, 0.15) is 47.0 Å². The molecule has 116 valence electrons. The van der Waals surface area contributed by atoms with E-state index in [2.05, 4.69) is 17.1 Å². The van der Waals surface area contributed by atoms with Gasteiger partial charge in [-0.05, 0) is 19.4 Å². The molecule has 20 heavy (non-hydrogen) atoms. The minimum Gasteiger partial charge on any atom is -0.481 e. The molecular formula is C15H28N2O3. The van der Waals surface area contributed by atoms with Gasteiger partial charge in [0, 0.05) is 24.5 Å².